The van der Waals surface area contributed by atoms with Gasteiger partial charge in [-0.2, -0.15) is 0 Å². The first kappa shape index (κ1) is 13.2. The molecule has 0 N–H and O–H groups in total. The molecule has 106 valence electrons. The number of benzene rings is 1. The zero-order valence-electron chi connectivity index (χ0n) is 12.3. The summed E-state index contributed by atoms with van der Waals surface area (Å²) >= 11 is 0. The number of likely N-dealkylation sites (tertiary alicyclic amines) is 1. The normalized spacial score (nSPS) is 24.4. The van der Waals surface area contributed by atoms with Gasteiger partial charge in [0.25, 0.3) is 5.91 Å². The maximum atomic E-state index is 12.5. The highest BCUT2D eigenvalue weighted by atomic mass is 16.2. The Morgan fingerprint density at radius 2 is 2.10 bits per heavy atom. The van der Waals surface area contributed by atoms with Gasteiger partial charge in [-0.3, -0.25) is 4.79 Å². The predicted molar refractivity (Wildman–Crippen MR) is 82.5 cm³/mol. The van der Waals surface area contributed by atoms with E-state index in [1.165, 1.54) is 19.3 Å². The van der Waals surface area contributed by atoms with Crippen LogP contribution < -0.4 is 4.90 Å². The van der Waals surface area contributed by atoms with Crippen molar-refractivity contribution in [3.05, 3.63) is 36.0 Å². The third-order valence-corrected chi connectivity index (χ3v) is 4.53. The summed E-state index contributed by atoms with van der Waals surface area (Å²) in [5.41, 5.74) is 2.94. The Hall–Kier alpha value is -1.77. The van der Waals surface area contributed by atoms with Crippen molar-refractivity contribution in [1.82, 2.24) is 4.90 Å². The van der Waals surface area contributed by atoms with E-state index in [-0.39, 0.29) is 5.91 Å². The molecule has 0 aromatic heterocycles. The van der Waals surface area contributed by atoms with E-state index < -0.39 is 0 Å². The van der Waals surface area contributed by atoms with Gasteiger partial charge >= 0.3 is 0 Å². The smallest absolute Gasteiger partial charge is 0.260 e. The SMILES string of the molecule is CCC1CCCCN1/C=C1\C(=O)N(C)c2ccccc21. The van der Waals surface area contributed by atoms with E-state index in [1.54, 1.807) is 4.90 Å². The van der Waals surface area contributed by atoms with Gasteiger partial charge in [0, 0.05) is 31.4 Å². The maximum Gasteiger partial charge on any atom is 0.260 e. The molecule has 1 saturated heterocycles. The molecule has 1 fully saturated rings. The van der Waals surface area contributed by atoms with Crippen LogP contribution in [0.4, 0.5) is 5.69 Å². The first-order valence-corrected chi connectivity index (χ1v) is 7.57. The van der Waals surface area contributed by atoms with E-state index in [0.29, 0.717) is 6.04 Å². The first-order valence-electron chi connectivity index (χ1n) is 7.57. The lowest BCUT2D eigenvalue weighted by Crippen LogP contribution is -2.35. The number of piperidine rings is 1. The second-order valence-electron chi connectivity index (χ2n) is 5.72. The van der Waals surface area contributed by atoms with Gasteiger partial charge in [0.2, 0.25) is 0 Å². The number of para-hydroxylation sites is 1. The number of hydrogen-bond acceptors (Lipinski definition) is 2. The van der Waals surface area contributed by atoms with Crippen molar-refractivity contribution in [3.63, 3.8) is 0 Å². The number of anilines is 1. The second kappa shape index (κ2) is 5.31. The minimum absolute atomic E-state index is 0.117. The summed E-state index contributed by atoms with van der Waals surface area (Å²) in [4.78, 5) is 16.6. The van der Waals surface area contributed by atoms with Crippen LogP contribution in [0.5, 0.6) is 0 Å². The lowest BCUT2D eigenvalue weighted by atomic mass is 9.99. The fourth-order valence-corrected chi connectivity index (χ4v) is 3.32. The highest BCUT2D eigenvalue weighted by Gasteiger charge is 2.30. The van der Waals surface area contributed by atoms with Crippen LogP contribution in [-0.4, -0.2) is 30.4 Å². The fraction of sp³-hybridized carbons (Fsp3) is 0.471. The van der Waals surface area contributed by atoms with Crippen molar-refractivity contribution in [2.45, 2.75) is 38.6 Å². The maximum absolute atomic E-state index is 12.5. The molecule has 1 aromatic rings. The number of amides is 1. The Balaban J connectivity index is 1.97. The zero-order valence-corrected chi connectivity index (χ0v) is 12.3. The summed E-state index contributed by atoms with van der Waals surface area (Å²) in [5, 5.41) is 0. The first-order chi connectivity index (χ1) is 9.72. The number of hydrogen-bond donors (Lipinski definition) is 0. The molecule has 3 rings (SSSR count). The number of likely N-dealkylation sites (N-methyl/N-ethyl adjacent to an activating group) is 1. The Morgan fingerprint density at radius 3 is 2.90 bits per heavy atom. The van der Waals surface area contributed by atoms with Gasteiger partial charge in [-0.25, -0.2) is 0 Å². The van der Waals surface area contributed by atoms with Gasteiger partial charge in [0.15, 0.2) is 0 Å². The Bertz CT molecular complexity index is 550. The summed E-state index contributed by atoms with van der Waals surface area (Å²) in [7, 11) is 1.86. The third kappa shape index (κ3) is 2.11. The summed E-state index contributed by atoms with van der Waals surface area (Å²) in [5.74, 6) is 0.117. The summed E-state index contributed by atoms with van der Waals surface area (Å²) in [6.45, 7) is 3.30. The van der Waals surface area contributed by atoms with Crippen LogP contribution >= 0.6 is 0 Å². The van der Waals surface area contributed by atoms with Crippen LogP contribution in [0.3, 0.4) is 0 Å². The van der Waals surface area contributed by atoms with Crippen molar-refractivity contribution >= 4 is 17.2 Å². The molecule has 20 heavy (non-hydrogen) atoms. The molecule has 2 aliphatic heterocycles. The molecule has 0 spiro atoms. The minimum atomic E-state index is 0.117. The van der Waals surface area contributed by atoms with Crippen LogP contribution in [-0.2, 0) is 4.79 Å². The van der Waals surface area contributed by atoms with Crippen LogP contribution in [0, 0.1) is 0 Å². The van der Waals surface area contributed by atoms with Crippen molar-refractivity contribution in [2.24, 2.45) is 0 Å². The van der Waals surface area contributed by atoms with Crippen molar-refractivity contribution in [3.8, 4) is 0 Å². The second-order valence-corrected chi connectivity index (χ2v) is 5.72. The number of carbonyl (C=O) groups is 1. The van der Waals surface area contributed by atoms with Crippen LogP contribution in [0.15, 0.2) is 30.5 Å². The van der Waals surface area contributed by atoms with Gasteiger partial charge in [0.1, 0.15) is 0 Å². The topological polar surface area (TPSA) is 23.6 Å². The van der Waals surface area contributed by atoms with E-state index in [9.17, 15) is 4.79 Å². The van der Waals surface area contributed by atoms with Crippen LogP contribution in [0.25, 0.3) is 5.57 Å². The van der Waals surface area contributed by atoms with Gasteiger partial charge in [-0.1, -0.05) is 25.1 Å². The molecule has 1 atom stereocenters. The molecule has 0 bridgehead atoms. The van der Waals surface area contributed by atoms with Crippen LogP contribution in [0.2, 0.25) is 0 Å². The molecule has 0 aliphatic carbocycles. The van der Waals surface area contributed by atoms with E-state index in [1.807, 2.05) is 31.3 Å². The molecule has 2 heterocycles. The van der Waals surface area contributed by atoms with Crippen molar-refractivity contribution in [2.75, 3.05) is 18.5 Å². The molecule has 0 radical (unpaired) electrons. The molecule has 1 unspecified atom stereocenters. The summed E-state index contributed by atoms with van der Waals surface area (Å²) in [6, 6.07) is 8.64. The highest BCUT2D eigenvalue weighted by molar-refractivity contribution is 6.32. The zero-order chi connectivity index (χ0) is 14.1. The molecule has 2 aliphatic rings. The third-order valence-electron chi connectivity index (χ3n) is 4.53. The van der Waals surface area contributed by atoms with E-state index >= 15 is 0 Å². The molecule has 3 nitrogen and oxygen atoms in total. The molecular formula is C17H22N2O. The van der Waals surface area contributed by atoms with Gasteiger partial charge < -0.3 is 9.80 Å². The monoisotopic (exact) mass is 270 g/mol. The fourth-order valence-electron chi connectivity index (χ4n) is 3.32. The quantitative estimate of drug-likeness (QED) is 0.770. The Labute approximate surface area is 120 Å². The Morgan fingerprint density at radius 1 is 1.30 bits per heavy atom. The number of carbonyl (C=O) groups excluding carboxylic acids is 1. The van der Waals surface area contributed by atoms with Crippen LogP contribution in [0.1, 0.15) is 38.2 Å². The van der Waals surface area contributed by atoms with E-state index in [0.717, 1.165) is 29.8 Å². The average Bonchev–Trinajstić information content (AvgIpc) is 2.73. The lowest BCUT2D eigenvalue weighted by molar-refractivity contribution is -0.112. The molecule has 1 aromatic carbocycles. The Kier molecular flexibility index (Phi) is 3.51. The summed E-state index contributed by atoms with van der Waals surface area (Å²) in [6.07, 6.45) is 7.04. The van der Waals surface area contributed by atoms with Gasteiger partial charge in [-0.15, -0.1) is 0 Å². The largest absolute Gasteiger partial charge is 0.374 e. The van der Waals surface area contributed by atoms with Gasteiger partial charge in [-0.05, 0) is 31.7 Å². The number of rotatable bonds is 2. The molecule has 3 heteroatoms. The van der Waals surface area contributed by atoms with Crippen molar-refractivity contribution in [1.29, 1.82) is 0 Å². The summed E-state index contributed by atoms with van der Waals surface area (Å²) < 4.78 is 0. The molecular weight excluding hydrogens is 248 g/mol. The van der Waals surface area contributed by atoms with Gasteiger partial charge in [0.05, 0.1) is 11.3 Å². The number of fused-ring (bicyclic) bond motifs is 1. The molecule has 0 saturated carbocycles. The van der Waals surface area contributed by atoms with Crippen molar-refractivity contribution < 1.29 is 4.79 Å². The number of nitrogens with zero attached hydrogens (tertiary/aromatic N) is 2. The predicted octanol–water partition coefficient (Wildman–Crippen LogP) is 3.27. The minimum Gasteiger partial charge on any atom is -0.374 e. The standard InChI is InChI=1S/C17H22N2O/c1-3-13-8-6-7-11-19(13)12-15-14-9-4-5-10-16(14)18(2)17(15)20/h4-5,9-10,12-13H,3,6-8,11H2,1-2H3/b15-12-. The average molecular weight is 270 g/mol. The highest BCUT2D eigenvalue weighted by Crippen LogP contribution is 2.36. The lowest BCUT2D eigenvalue weighted by Gasteiger charge is -2.34. The molecule has 1 amide bonds. The van der Waals surface area contributed by atoms with E-state index in [2.05, 4.69) is 18.0 Å². The van der Waals surface area contributed by atoms with E-state index in [4.69, 9.17) is 0 Å².